The molecule has 0 unspecified atom stereocenters. The molecule has 0 radical (unpaired) electrons. The van der Waals surface area contributed by atoms with Crippen LogP contribution in [0.25, 0.3) is 0 Å². The van der Waals surface area contributed by atoms with Gasteiger partial charge in [0.05, 0.1) is 0 Å². The van der Waals surface area contributed by atoms with Crippen LogP contribution in [0.4, 0.5) is 0 Å². The van der Waals surface area contributed by atoms with Crippen LogP contribution in [-0.2, 0) is 4.79 Å². The van der Waals surface area contributed by atoms with Crippen LogP contribution >= 0.6 is 0 Å². The maximum absolute atomic E-state index is 10.2. The summed E-state index contributed by atoms with van der Waals surface area (Å²) in [7, 11) is 1.82. The lowest BCUT2D eigenvalue weighted by atomic mass is 10.1. The zero-order chi connectivity index (χ0) is 10.1. The van der Waals surface area contributed by atoms with E-state index in [4.69, 9.17) is 0 Å². The van der Waals surface area contributed by atoms with Gasteiger partial charge in [-0.3, -0.25) is 4.79 Å². The number of carbonyl (C=O) groups is 1. The molecular formula is C10H19NO. The SMILES string of the molecule is C=C(C=O)/C(C)=C(/C)NC.CC. The molecule has 0 saturated heterocycles. The van der Waals surface area contributed by atoms with E-state index < -0.39 is 0 Å². The number of allylic oxidation sites excluding steroid dienone is 3. The molecule has 0 fully saturated rings. The van der Waals surface area contributed by atoms with Crippen LogP contribution in [0.3, 0.4) is 0 Å². The quantitative estimate of drug-likeness (QED) is 0.399. The topological polar surface area (TPSA) is 29.1 Å². The lowest BCUT2D eigenvalue weighted by Gasteiger charge is -2.04. The van der Waals surface area contributed by atoms with Crippen molar-refractivity contribution < 1.29 is 4.79 Å². The molecule has 0 spiro atoms. The van der Waals surface area contributed by atoms with Crippen molar-refractivity contribution in [3.05, 3.63) is 23.4 Å². The first-order valence-electron chi connectivity index (χ1n) is 4.13. The summed E-state index contributed by atoms with van der Waals surface area (Å²) in [6.07, 6.45) is 0.760. The summed E-state index contributed by atoms with van der Waals surface area (Å²) in [5.74, 6) is 0. The average Bonchev–Trinajstić information content (AvgIpc) is 2.17. The highest BCUT2D eigenvalue weighted by atomic mass is 16.1. The Morgan fingerprint density at radius 1 is 1.33 bits per heavy atom. The molecule has 0 aromatic heterocycles. The normalized spacial score (nSPS) is 10.4. The lowest BCUT2D eigenvalue weighted by molar-refractivity contribution is -0.104. The molecular weight excluding hydrogens is 150 g/mol. The zero-order valence-corrected chi connectivity index (χ0v) is 8.69. The minimum absolute atomic E-state index is 0.534. The van der Waals surface area contributed by atoms with E-state index in [0.29, 0.717) is 5.57 Å². The molecule has 70 valence electrons. The van der Waals surface area contributed by atoms with Crippen molar-refractivity contribution in [3.63, 3.8) is 0 Å². The molecule has 0 aromatic rings. The number of carbonyl (C=O) groups excluding carboxylic acids is 1. The standard InChI is InChI=1S/C8H13NO.C2H6/c1-6(5-10)7(2)8(3)9-4;1-2/h5,9H,1H2,2-4H3;1-2H3/b8-7-;. The fourth-order valence-electron chi connectivity index (χ4n) is 0.517. The van der Waals surface area contributed by atoms with Crippen LogP contribution in [0.15, 0.2) is 23.4 Å². The Balaban J connectivity index is 0. The molecule has 12 heavy (non-hydrogen) atoms. The number of hydrogen-bond donors (Lipinski definition) is 1. The van der Waals surface area contributed by atoms with Crippen LogP contribution in [0.1, 0.15) is 27.7 Å². The van der Waals surface area contributed by atoms with Crippen molar-refractivity contribution in [1.82, 2.24) is 5.32 Å². The van der Waals surface area contributed by atoms with Crippen molar-refractivity contribution in [1.29, 1.82) is 0 Å². The fraction of sp³-hybridized carbons (Fsp3) is 0.500. The van der Waals surface area contributed by atoms with E-state index in [1.54, 1.807) is 0 Å². The molecule has 2 heteroatoms. The molecule has 0 bridgehead atoms. The first kappa shape index (κ1) is 13.5. The third kappa shape index (κ3) is 4.72. The van der Waals surface area contributed by atoms with Gasteiger partial charge >= 0.3 is 0 Å². The average molecular weight is 169 g/mol. The summed E-state index contributed by atoms with van der Waals surface area (Å²) >= 11 is 0. The zero-order valence-electron chi connectivity index (χ0n) is 8.69. The highest BCUT2D eigenvalue weighted by molar-refractivity contribution is 5.79. The maximum Gasteiger partial charge on any atom is 0.149 e. The number of nitrogens with one attached hydrogen (secondary N) is 1. The van der Waals surface area contributed by atoms with Crippen molar-refractivity contribution in [2.45, 2.75) is 27.7 Å². The second-order valence-corrected chi connectivity index (χ2v) is 2.14. The van der Waals surface area contributed by atoms with Crippen LogP contribution in [0.2, 0.25) is 0 Å². The monoisotopic (exact) mass is 169 g/mol. The van der Waals surface area contributed by atoms with Gasteiger partial charge in [-0.15, -0.1) is 0 Å². The number of aldehydes is 1. The largest absolute Gasteiger partial charge is 0.391 e. The Kier molecular flexibility index (Phi) is 9.08. The van der Waals surface area contributed by atoms with Crippen LogP contribution in [-0.4, -0.2) is 13.3 Å². The molecule has 0 saturated carbocycles. The van der Waals surface area contributed by atoms with Gasteiger partial charge in [0.15, 0.2) is 0 Å². The second kappa shape index (κ2) is 8.05. The maximum atomic E-state index is 10.2. The van der Waals surface area contributed by atoms with Crippen molar-refractivity contribution in [3.8, 4) is 0 Å². The van der Waals surface area contributed by atoms with Crippen molar-refractivity contribution in [2.75, 3.05) is 7.05 Å². The molecule has 1 N–H and O–H groups in total. The minimum atomic E-state index is 0.534. The summed E-state index contributed by atoms with van der Waals surface area (Å²) in [5.41, 5.74) is 2.43. The molecule has 0 heterocycles. The van der Waals surface area contributed by atoms with E-state index in [9.17, 15) is 4.79 Å². The lowest BCUT2D eigenvalue weighted by Crippen LogP contribution is -2.05. The van der Waals surface area contributed by atoms with Gasteiger partial charge in [-0.1, -0.05) is 20.4 Å². The first-order chi connectivity index (χ1) is 5.63. The van der Waals surface area contributed by atoms with Crippen LogP contribution < -0.4 is 5.32 Å². The predicted octanol–water partition coefficient (Wildman–Crippen LogP) is 2.28. The Morgan fingerprint density at radius 2 is 1.75 bits per heavy atom. The van der Waals surface area contributed by atoms with E-state index in [2.05, 4.69) is 11.9 Å². The van der Waals surface area contributed by atoms with E-state index >= 15 is 0 Å². The van der Waals surface area contributed by atoms with Gasteiger partial charge < -0.3 is 5.32 Å². The molecule has 2 nitrogen and oxygen atoms in total. The molecule has 0 rings (SSSR count). The summed E-state index contributed by atoms with van der Waals surface area (Å²) in [4.78, 5) is 10.2. The van der Waals surface area contributed by atoms with Gasteiger partial charge in [-0.05, 0) is 19.4 Å². The summed E-state index contributed by atoms with van der Waals surface area (Å²) in [5, 5.41) is 2.94. The first-order valence-corrected chi connectivity index (χ1v) is 4.13. The molecule has 0 aliphatic heterocycles. The van der Waals surface area contributed by atoms with Gasteiger partial charge in [0.25, 0.3) is 0 Å². The Bertz CT molecular complexity index is 180. The Hall–Kier alpha value is -1.05. The van der Waals surface area contributed by atoms with E-state index in [0.717, 1.165) is 17.6 Å². The van der Waals surface area contributed by atoms with Gasteiger partial charge in [0, 0.05) is 18.3 Å². The Morgan fingerprint density at radius 3 is 2.00 bits per heavy atom. The number of hydrogen-bond acceptors (Lipinski definition) is 2. The number of rotatable bonds is 3. The predicted molar refractivity (Wildman–Crippen MR) is 54.0 cm³/mol. The van der Waals surface area contributed by atoms with Crippen molar-refractivity contribution >= 4 is 6.29 Å². The highest BCUT2D eigenvalue weighted by Gasteiger charge is 1.97. The second-order valence-electron chi connectivity index (χ2n) is 2.14. The molecule has 0 amide bonds. The van der Waals surface area contributed by atoms with Crippen molar-refractivity contribution in [2.24, 2.45) is 0 Å². The van der Waals surface area contributed by atoms with Crippen LogP contribution in [0, 0.1) is 0 Å². The molecule has 0 aliphatic carbocycles. The van der Waals surface area contributed by atoms with E-state index in [1.165, 1.54) is 0 Å². The van der Waals surface area contributed by atoms with Gasteiger partial charge in [0.2, 0.25) is 0 Å². The van der Waals surface area contributed by atoms with Gasteiger partial charge in [0.1, 0.15) is 6.29 Å². The molecule has 0 atom stereocenters. The third-order valence-corrected chi connectivity index (χ3v) is 1.56. The summed E-state index contributed by atoms with van der Waals surface area (Å²) in [6.45, 7) is 11.3. The third-order valence-electron chi connectivity index (χ3n) is 1.56. The highest BCUT2D eigenvalue weighted by Crippen LogP contribution is 2.06. The van der Waals surface area contributed by atoms with Crippen LogP contribution in [0.5, 0.6) is 0 Å². The fourth-order valence-corrected chi connectivity index (χ4v) is 0.517. The summed E-state index contributed by atoms with van der Waals surface area (Å²) in [6, 6.07) is 0. The van der Waals surface area contributed by atoms with Gasteiger partial charge in [-0.25, -0.2) is 0 Å². The Labute approximate surface area is 75.4 Å². The van der Waals surface area contributed by atoms with E-state index in [1.807, 2.05) is 34.7 Å². The summed E-state index contributed by atoms with van der Waals surface area (Å²) < 4.78 is 0. The van der Waals surface area contributed by atoms with E-state index in [-0.39, 0.29) is 0 Å². The smallest absolute Gasteiger partial charge is 0.149 e. The van der Waals surface area contributed by atoms with Gasteiger partial charge in [-0.2, -0.15) is 0 Å². The minimum Gasteiger partial charge on any atom is -0.391 e. The molecule has 0 aromatic carbocycles. The molecule has 0 aliphatic rings.